The largest absolute Gasteiger partial charge is 0.505 e. The van der Waals surface area contributed by atoms with Gasteiger partial charge in [0.15, 0.2) is 11.5 Å². The minimum absolute atomic E-state index is 0.337. The van der Waals surface area contributed by atoms with Crippen LogP contribution in [0.4, 0.5) is 0 Å². The molecule has 0 saturated heterocycles. The summed E-state index contributed by atoms with van der Waals surface area (Å²) in [5.74, 6) is 0.674. The van der Waals surface area contributed by atoms with Crippen molar-refractivity contribution in [2.75, 3.05) is 26.2 Å². The molecule has 0 bridgehead atoms. The molecule has 0 aliphatic heterocycles. The normalized spacial score (nSPS) is 11.6. The lowest BCUT2D eigenvalue weighted by atomic mass is 10.3. The summed E-state index contributed by atoms with van der Waals surface area (Å²) in [5, 5.41) is 22.1. The molecule has 2 N–H and O–H groups in total. The van der Waals surface area contributed by atoms with Crippen molar-refractivity contribution in [1.82, 2.24) is 9.15 Å². The Kier molecular flexibility index (Phi) is 7.53. The molecule has 0 amide bonds. The van der Waals surface area contributed by atoms with E-state index in [-0.39, 0.29) is 0 Å². The van der Waals surface area contributed by atoms with E-state index < -0.39 is 0 Å². The first kappa shape index (κ1) is 21.7. The molecule has 4 nitrogen and oxygen atoms in total. The van der Waals surface area contributed by atoms with Crippen LogP contribution < -0.4 is 17.1 Å². The monoisotopic (exact) mass is 458 g/mol. The molecule has 0 spiro atoms. The molecule has 3 aromatic rings. The first-order valence-electron chi connectivity index (χ1n) is 10.1. The zero-order chi connectivity index (χ0) is 20.3. The second-order valence-electron chi connectivity index (χ2n) is 6.93. The fourth-order valence-electron chi connectivity index (χ4n) is 3.33. The Morgan fingerprint density at radius 3 is 1.00 bits per heavy atom. The maximum Gasteiger partial charge on any atom is 0.315 e. The molecule has 0 saturated carbocycles. The summed E-state index contributed by atoms with van der Waals surface area (Å²) in [6, 6.07) is 0. The molecule has 28 heavy (non-hydrogen) atoms. The van der Waals surface area contributed by atoms with E-state index in [2.05, 4.69) is 36.8 Å². The van der Waals surface area contributed by atoms with Crippen LogP contribution >= 0.6 is 45.3 Å². The summed E-state index contributed by atoms with van der Waals surface area (Å²) in [5.41, 5.74) is 0. The third-order valence-corrected chi connectivity index (χ3v) is 9.92. The van der Waals surface area contributed by atoms with Gasteiger partial charge < -0.3 is 10.2 Å². The molecule has 0 aliphatic rings. The van der Waals surface area contributed by atoms with Crippen molar-refractivity contribution in [2.45, 2.75) is 53.4 Å². The smallest absolute Gasteiger partial charge is 0.315 e. The van der Waals surface area contributed by atoms with Crippen LogP contribution in [0, 0.1) is 0 Å². The van der Waals surface area contributed by atoms with E-state index in [4.69, 9.17) is 0 Å². The minimum atomic E-state index is 0.337. The highest BCUT2D eigenvalue weighted by Gasteiger charge is 2.22. The van der Waals surface area contributed by atoms with Gasteiger partial charge in [0, 0.05) is 25.7 Å². The fraction of sp³-hybridized carbons (Fsp3) is 0.600. The number of rotatable bonds is 8. The number of hydrogen-bond acceptors (Lipinski definition) is 6. The van der Waals surface area contributed by atoms with E-state index in [0.717, 1.165) is 70.7 Å². The van der Waals surface area contributed by atoms with Gasteiger partial charge in [-0.15, -0.1) is 0 Å². The molecular weight excluding hydrogens is 429 g/mol. The van der Waals surface area contributed by atoms with Crippen molar-refractivity contribution < 1.29 is 10.2 Å². The molecule has 154 valence electrons. The van der Waals surface area contributed by atoms with Gasteiger partial charge in [-0.3, -0.25) is 0 Å². The number of phenolic OH excluding ortho intramolecular Hbond substituents is 2. The molecule has 3 rings (SSSR count). The van der Waals surface area contributed by atoms with Gasteiger partial charge in [0.05, 0.1) is 18.8 Å². The number of hydrogen-bond donors (Lipinski definition) is 2. The average molecular weight is 459 g/mol. The maximum atomic E-state index is 11.0. The van der Waals surface area contributed by atoms with E-state index in [0.29, 0.717) is 11.5 Å². The lowest BCUT2D eigenvalue weighted by molar-refractivity contribution is 0.481. The summed E-state index contributed by atoms with van der Waals surface area (Å²) in [4.78, 5) is 0. The van der Waals surface area contributed by atoms with E-state index >= 15 is 0 Å². The number of phenols is 2. The van der Waals surface area contributed by atoms with Crippen molar-refractivity contribution in [3.05, 3.63) is 7.97 Å². The van der Waals surface area contributed by atoms with E-state index in [1.165, 1.54) is 7.97 Å². The van der Waals surface area contributed by atoms with Crippen molar-refractivity contribution >= 4 is 64.1 Å². The van der Waals surface area contributed by atoms with Crippen LogP contribution in [0.3, 0.4) is 0 Å². The van der Waals surface area contributed by atoms with Gasteiger partial charge in [-0.2, -0.15) is 0 Å². The SMILES string of the molecule is CCC[N+](CCC)=c1sc2c(O)c3sc(=[N+](CCC)CCC)sc3c(O)c2s1. The Morgan fingerprint density at radius 1 is 0.536 bits per heavy atom. The minimum Gasteiger partial charge on any atom is -0.505 e. The lowest BCUT2D eigenvalue weighted by Gasteiger charge is -1.98. The fourth-order valence-corrected chi connectivity index (χ4v) is 8.79. The average Bonchev–Trinajstić information content (AvgIpc) is 3.31. The second kappa shape index (κ2) is 9.69. The van der Waals surface area contributed by atoms with Gasteiger partial charge in [0.2, 0.25) is 0 Å². The van der Waals surface area contributed by atoms with Crippen molar-refractivity contribution in [3.63, 3.8) is 0 Å². The zero-order valence-electron chi connectivity index (χ0n) is 17.1. The van der Waals surface area contributed by atoms with E-state index in [9.17, 15) is 10.2 Å². The van der Waals surface area contributed by atoms with Gasteiger partial charge in [0.1, 0.15) is 26.2 Å². The van der Waals surface area contributed by atoms with Crippen LogP contribution in [-0.4, -0.2) is 36.4 Å². The predicted molar refractivity (Wildman–Crippen MR) is 127 cm³/mol. The van der Waals surface area contributed by atoms with Crippen molar-refractivity contribution in [1.29, 1.82) is 0 Å². The van der Waals surface area contributed by atoms with Gasteiger partial charge in [-0.05, 0) is 0 Å². The Bertz CT molecular complexity index is 938. The number of benzene rings is 1. The topological polar surface area (TPSA) is 46.5 Å². The quantitative estimate of drug-likeness (QED) is 0.375. The van der Waals surface area contributed by atoms with Crippen LogP contribution in [0.15, 0.2) is 0 Å². The van der Waals surface area contributed by atoms with Crippen LogP contribution in [-0.2, 0) is 0 Å². The third-order valence-electron chi connectivity index (χ3n) is 4.52. The standard InChI is InChI=1S/C20H28N2O2S4/c1-5-9-21(10-6-2)19-25-15-13(23)17-18(14(24)16(15)26-19)28-20(27-17)22(11-7-3)12-8-4/h5-12H2,1-4H3/p+2. The third kappa shape index (κ3) is 4.15. The first-order chi connectivity index (χ1) is 13.5. The van der Waals surface area contributed by atoms with Crippen LogP contribution in [0.2, 0.25) is 0 Å². The highest BCUT2D eigenvalue weighted by Crippen LogP contribution is 2.46. The highest BCUT2D eigenvalue weighted by atomic mass is 32.2. The Labute approximate surface area is 182 Å². The molecule has 2 heterocycles. The summed E-state index contributed by atoms with van der Waals surface area (Å²) in [6.45, 7) is 12.8. The molecule has 8 heteroatoms. The molecule has 2 aromatic heterocycles. The van der Waals surface area contributed by atoms with Gasteiger partial charge in [0.25, 0.3) is 0 Å². The molecule has 1 aromatic carbocycles. The Balaban J connectivity index is 2.31. The van der Waals surface area contributed by atoms with Gasteiger partial charge in [-0.25, -0.2) is 9.15 Å². The highest BCUT2D eigenvalue weighted by molar-refractivity contribution is 7.39. The van der Waals surface area contributed by atoms with Crippen LogP contribution in [0.1, 0.15) is 53.4 Å². The second-order valence-corrected chi connectivity index (χ2v) is 11.4. The first-order valence-corrected chi connectivity index (χ1v) is 13.4. The number of nitrogens with zero attached hydrogens (tertiary/aromatic N) is 2. The summed E-state index contributed by atoms with van der Waals surface area (Å²) in [6.07, 6.45) is 4.35. The molecule has 0 atom stereocenters. The lowest BCUT2D eigenvalue weighted by Crippen LogP contribution is -2.27. The summed E-state index contributed by atoms with van der Waals surface area (Å²) < 4.78 is 10.4. The molecule has 0 fully saturated rings. The van der Waals surface area contributed by atoms with E-state index in [1.807, 2.05) is 0 Å². The predicted octanol–water partition coefficient (Wildman–Crippen LogP) is 4.83. The molecule has 0 radical (unpaired) electrons. The van der Waals surface area contributed by atoms with Crippen LogP contribution in [0.25, 0.3) is 18.8 Å². The molecule has 0 aliphatic carbocycles. The van der Waals surface area contributed by atoms with Crippen molar-refractivity contribution in [2.24, 2.45) is 0 Å². The Hall–Kier alpha value is -0.960. The van der Waals surface area contributed by atoms with Crippen LogP contribution in [0.5, 0.6) is 11.5 Å². The number of aromatic hydroxyl groups is 2. The molecular formula is C20H30N2O2S4+2. The number of fused-ring (bicyclic) bond motifs is 2. The van der Waals surface area contributed by atoms with Gasteiger partial charge >= 0.3 is 7.97 Å². The maximum absolute atomic E-state index is 11.0. The van der Waals surface area contributed by atoms with Crippen molar-refractivity contribution in [3.8, 4) is 11.5 Å². The van der Waals surface area contributed by atoms with Gasteiger partial charge in [-0.1, -0.05) is 73.0 Å². The Morgan fingerprint density at radius 2 is 0.786 bits per heavy atom. The zero-order valence-corrected chi connectivity index (χ0v) is 20.3. The summed E-state index contributed by atoms with van der Waals surface area (Å²) >= 11 is 6.44. The summed E-state index contributed by atoms with van der Waals surface area (Å²) in [7, 11) is 0. The van der Waals surface area contributed by atoms with E-state index in [1.54, 1.807) is 45.3 Å². The molecule has 0 unspecified atom stereocenters.